The van der Waals surface area contributed by atoms with Crippen molar-refractivity contribution in [1.82, 2.24) is 4.98 Å². The van der Waals surface area contributed by atoms with Crippen molar-refractivity contribution in [3.05, 3.63) is 29.6 Å². The first-order chi connectivity index (χ1) is 8.72. The Kier molecular flexibility index (Phi) is 3.94. The van der Waals surface area contributed by atoms with Crippen LogP contribution >= 0.6 is 11.3 Å². The Morgan fingerprint density at radius 3 is 2.61 bits per heavy atom. The molecule has 0 bridgehead atoms. The Bertz CT molecular complexity index is 533. The lowest BCUT2D eigenvalue weighted by molar-refractivity contribution is -0.115. The van der Waals surface area contributed by atoms with Crippen LogP contribution in [0.4, 0.5) is 10.8 Å². The van der Waals surface area contributed by atoms with Crippen LogP contribution in [0.25, 0.3) is 11.3 Å². The molecule has 2 N–H and O–H groups in total. The summed E-state index contributed by atoms with van der Waals surface area (Å²) in [6.07, 6.45) is 0.485. The van der Waals surface area contributed by atoms with Gasteiger partial charge < -0.3 is 10.6 Å². The second kappa shape index (κ2) is 5.64. The quantitative estimate of drug-likeness (QED) is 0.888. The van der Waals surface area contributed by atoms with Gasteiger partial charge in [-0.05, 0) is 12.1 Å². The summed E-state index contributed by atoms with van der Waals surface area (Å²) in [4.78, 5) is 15.7. The van der Waals surface area contributed by atoms with Crippen LogP contribution in [0.1, 0.15) is 13.3 Å². The summed E-state index contributed by atoms with van der Waals surface area (Å²) in [5, 5.41) is 8.73. The summed E-state index contributed by atoms with van der Waals surface area (Å²) in [5.74, 6) is 0.0221. The molecule has 94 valence electrons. The molecular formula is C13H15N3OS. The molecule has 0 radical (unpaired) electrons. The van der Waals surface area contributed by atoms with Gasteiger partial charge in [-0.15, -0.1) is 11.3 Å². The van der Waals surface area contributed by atoms with Crippen LogP contribution in [0.2, 0.25) is 0 Å². The fraction of sp³-hybridized carbons (Fsp3) is 0.231. The highest BCUT2D eigenvalue weighted by atomic mass is 32.1. The van der Waals surface area contributed by atoms with E-state index in [1.54, 1.807) is 11.3 Å². The standard InChI is InChI=1S/C13H15N3OS/c1-3-12(17)15-10-6-4-9(5-7-10)11-8-18-13(14-2)16-11/h4-8H,3H2,1-2H3,(H,14,16)(H,15,17). The van der Waals surface area contributed by atoms with Crippen molar-refractivity contribution >= 4 is 28.1 Å². The Hall–Kier alpha value is -1.88. The Morgan fingerprint density at radius 1 is 1.33 bits per heavy atom. The molecule has 0 atom stereocenters. The van der Waals surface area contributed by atoms with Crippen LogP contribution in [-0.4, -0.2) is 17.9 Å². The number of carbonyl (C=O) groups is 1. The SMILES string of the molecule is CCC(=O)Nc1ccc(-c2csc(NC)n2)cc1. The first-order valence-electron chi connectivity index (χ1n) is 5.76. The number of hydrogen-bond acceptors (Lipinski definition) is 4. The molecule has 0 fully saturated rings. The summed E-state index contributed by atoms with van der Waals surface area (Å²) < 4.78 is 0. The van der Waals surface area contributed by atoms with E-state index in [4.69, 9.17) is 0 Å². The number of carbonyl (C=O) groups excluding carboxylic acids is 1. The van der Waals surface area contributed by atoms with Crippen molar-refractivity contribution in [2.45, 2.75) is 13.3 Å². The predicted molar refractivity (Wildman–Crippen MR) is 76.0 cm³/mol. The minimum atomic E-state index is 0.0221. The number of nitrogens with one attached hydrogen (secondary N) is 2. The van der Waals surface area contributed by atoms with Crippen LogP contribution in [-0.2, 0) is 4.79 Å². The third kappa shape index (κ3) is 2.87. The van der Waals surface area contributed by atoms with E-state index in [9.17, 15) is 4.79 Å². The molecule has 2 rings (SSSR count). The van der Waals surface area contributed by atoms with Crippen LogP contribution < -0.4 is 10.6 Å². The monoisotopic (exact) mass is 261 g/mol. The molecular weight excluding hydrogens is 246 g/mol. The van der Waals surface area contributed by atoms with Gasteiger partial charge in [-0.2, -0.15) is 0 Å². The topological polar surface area (TPSA) is 54.0 Å². The first kappa shape index (κ1) is 12.6. The summed E-state index contributed by atoms with van der Waals surface area (Å²) in [6, 6.07) is 7.70. The highest BCUT2D eigenvalue weighted by molar-refractivity contribution is 7.14. The van der Waals surface area contributed by atoms with Gasteiger partial charge in [0.15, 0.2) is 5.13 Å². The Morgan fingerprint density at radius 2 is 2.06 bits per heavy atom. The van der Waals surface area contributed by atoms with Crippen LogP contribution in [0, 0.1) is 0 Å². The van der Waals surface area contributed by atoms with Gasteiger partial charge in [0.2, 0.25) is 5.91 Å². The van der Waals surface area contributed by atoms with E-state index in [0.717, 1.165) is 22.1 Å². The van der Waals surface area contributed by atoms with Gasteiger partial charge in [0.1, 0.15) is 0 Å². The van der Waals surface area contributed by atoms with Gasteiger partial charge in [0.25, 0.3) is 0 Å². The molecule has 0 aliphatic rings. The molecule has 0 unspecified atom stereocenters. The average Bonchev–Trinajstić information content (AvgIpc) is 2.88. The zero-order chi connectivity index (χ0) is 13.0. The molecule has 0 aliphatic heterocycles. The molecule has 0 aliphatic carbocycles. The maximum absolute atomic E-state index is 11.2. The number of benzene rings is 1. The zero-order valence-electron chi connectivity index (χ0n) is 10.4. The molecule has 0 spiro atoms. The number of nitrogens with zero attached hydrogens (tertiary/aromatic N) is 1. The largest absolute Gasteiger partial charge is 0.365 e. The lowest BCUT2D eigenvalue weighted by Gasteiger charge is -2.04. The molecule has 1 aromatic carbocycles. The first-order valence-corrected chi connectivity index (χ1v) is 6.64. The van der Waals surface area contributed by atoms with E-state index >= 15 is 0 Å². The van der Waals surface area contributed by atoms with Crippen molar-refractivity contribution in [3.8, 4) is 11.3 Å². The van der Waals surface area contributed by atoms with Crippen molar-refractivity contribution < 1.29 is 4.79 Å². The van der Waals surface area contributed by atoms with Crippen LogP contribution in [0.5, 0.6) is 0 Å². The normalized spacial score (nSPS) is 10.1. The molecule has 0 saturated heterocycles. The zero-order valence-corrected chi connectivity index (χ0v) is 11.2. The lowest BCUT2D eigenvalue weighted by Crippen LogP contribution is -2.08. The fourth-order valence-electron chi connectivity index (χ4n) is 1.49. The number of thiazole rings is 1. The van der Waals surface area contributed by atoms with Crippen molar-refractivity contribution in [2.24, 2.45) is 0 Å². The lowest BCUT2D eigenvalue weighted by atomic mass is 10.1. The molecule has 18 heavy (non-hydrogen) atoms. The van der Waals surface area contributed by atoms with Gasteiger partial charge in [-0.1, -0.05) is 19.1 Å². The molecule has 2 aromatic rings. The summed E-state index contributed by atoms with van der Waals surface area (Å²) in [6.45, 7) is 1.83. The number of rotatable bonds is 4. The van der Waals surface area contributed by atoms with Crippen molar-refractivity contribution in [3.63, 3.8) is 0 Å². The van der Waals surface area contributed by atoms with Crippen molar-refractivity contribution in [1.29, 1.82) is 0 Å². The van der Waals surface area contributed by atoms with E-state index in [-0.39, 0.29) is 5.91 Å². The van der Waals surface area contributed by atoms with Crippen LogP contribution in [0.3, 0.4) is 0 Å². The summed E-state index contributed by atoms with van der Waals surface area (Å²) in [7, 11) is 1.85. The summed E-state index contributed by atoms with van der Waals surface area (Å²) >= 11 is 1.57. The van der Waals surface area contributed by atoms with Crippen LogP contribution in [0.15, 0.2) is 29.6 Å². The second-order valence-electron chi connectivity index (χ2n) is 3.77. The third-order valence-electron chi connectivity index (χ3n) is 2.50. The smallest absolute Gasteiger partial charge is 0.224 e. The molecule has 1 aromatic heterocycles. The number of anilines is 2. The highest BCUT2D eigenvalue weighted by Crippen LogP contribution is 2.25. The van der Waals surface area contributed by atoms with Gasteiger partial charge in [-0.25, -0.2) is 4.98 Å². The number of hydrogen-bond donors (Lipinski definition) is 2. The average molecular weight is 261 g/mol. The minimum Gasteiger partial charge on any atom is -0.365 e. The van der Waals surface area contributed by atoms with E-state index < -0.39 is 0 Å². The van der Waals surface area contributed by atoms with E-state index in [1.165, 1.54) is 0 Å². The fourth-order valence-corrected chi connectivity index (χ4v) is 2.18. The maximum Gasteiger partial charge on any atom is 0.224 e. The third-order valence-corrected chi connectivity index (χ3v) is 3.36. The molecule has 1 amide bonds. The van der Waals surface area contributed by atoms with Gasteiger partial charge >= 0.3 is 0 Å². The van der Waals surface area contributed by atoms with E-state index in [2.05, 4.69) is 15.6 Å². The van der Waals surface area contributed by atoms with Crippen molar-refractivity contribution in [2.75, 3.05) is 17.7 Å². The highest BCUT2D eigenvalue weighted by Gasteiger charge is 2.04. The van der Waals surface area contributed by atoms with Gasteiger partial charge in [0, 0.05) is 30.1 Å². The Balaban J connectivity index is 2.14. The minimum absolute atomic E-state index is 0.0221. The summed E-state index contributed by atoms with van der Waals surface area (Å²) in [5.41, 5.74) is 2.80. The number of aromatic nitrogens is 1. The van der Waals surface area contributed by atoms with E-state index in [0.29, 0.717) is 6.42 Å². The molecule has 4 nitrogen and oxygen atoms in total. The molecule has 5 heteroatoms. The van der Waals surface area contributed by atoms with Gasteiger partial charge in [-0.3, -0.25) is 4.79 Å². The van der Waals surface area contributed by atoms with Gasteiger partial charge in [0.05, 0.1) is 5.69 Å². The maximum atomic E-state index is 11.2. The van der Waals surface area contributed by atoms with E-state index in [1.807, 2.05) is 43.6 Å². The molecule has 1 heterocycles. The number of amides is 1. The molecule has 0 saturated carbocycles. The predicted octanol–water partition coefficient (Wildman–Crippen LogP) is 3.20. The second-order valence-corrected chi connectivity index (χ2v) is 4.63. The Labute approximate surface area is 110 Å².